The number of hydrogen-bond donors (Lipinski definition) is 5. The summed E-state index contributed by atoms with van der Waals surface area (Å²) in [6.07, 6.45) is -0.425. The molecule has 5 N–H and O–H groups in total. The van der Waals surface area contributed by atoms with E-state index in [-0.39, 0.29) is 28.9 Å². The summed E-state index contributed by atoms with van der Waals surface area (Å²) >= 11 is 0. The largest absolute Gasteiger partial charge is 0.481 e. The van der Waals surface area contributed by atoms with Crippen molar-refractivity contribution in [3.05, 3.63) is 51.8 Å². The zero-order chi connectivity index (χ0) is 22.2. The number of carboxylic acids is 1. The standard InChI is InChI=1S/C20H19F2N3O5/c1-8-14(6-11-17-13(25-19(11)29)4-3-12(21)18(17)22)24-9(2)16(8)20(30)23-7-10(26)5-15(27)28/h3-4,6,10,24,26H,5,7H2,1-2H3,(H,23,30)(H,25,29)(H,27,28)/b11-6-. The first-order valence-corrected chi connectivity index (χ1v) is 8.98. The van der Waals surface area contributed by atoms with E-state index >= 15 is 0 Å². The van der Waals surface area contributed by atoms with Crippen molar-refractivity contribution in [3.8, 4) is 0 Å². The number of nitrogens with one attached hydrogen (secondary N) is 3. The molecule has 0 saturated carbocycles. The molecule has 158 valence electrons. The van der Waals surface area contributed by atoms with Gasteiger partial charge in [-0.2, -0.15) is 0 Å². The van der Waals surface area contributed by atoms with E-state index in [4.69, 9.17) is 5.11 Å². The van der Waals surface area contributed by atoms with Gasteiger partial charge in [-0.15, -0.1) is 0 Å². The second-order valence-corrected chi connectivity index (χ2v) is 6.92. The highest BCUT2D eigenvalue weighted by atomic mass is 19.2. The number of carbonyl (C=O) groups is 3. The van der Waals surface area contributed by atoms with Gasteiger partial charge in [0.2, 0.25) is 0 Å². The Hall–Kier alpha value is -3.53. The molecule has 10 heteroatoms. The van der Waals surface area contributed by atoms with Crippen LogP contribution in [0.3, 0.4) is 0 Å². The van der Waals surface area contributed by atoms with Crippen LogP contribution in [0.25, 0.3) is 11.6 Å². The highest BCUT2D eigenvalue weighted by molar-refractivity contribution is 6.35. The second-order valence-electron chi connectivity index (χ2n) is 6.92. The molecule has 0 fully saturated rings. The Bertz CT molecular complexity index is 1090. The third-order valence-electron chi connectivity index (χ3n) is 4.76. The topological polar surface area (TPSA) is 132 Å². The van der Waals surface area contributed by atoms with E-state index in [1.165, 1.54) is 12.1 Å². The van der Waals surface area contributed by atoms with Crippen molar-refractivity contribution in [2.45, 2.75) is 26.4 Å². The van der Waals surface area contributed by atoms with Gasteiger partial charge in [0, 0.05) is 23.5 Å². The molecule has 30 heavy (non-hydrogen) atoms. The van der Waals surface area contributed by atoms with E-state index in [2.05, 4.69) is 15.6 Å². The maximum atomic E-state index is 14.3. The highest BCUT2D eigenvalue weighted by Gasteiger charge is 2.30. The Labute approximate surface area is 169 Å². The molecule has 3 rings (SSSR count). The molecular formula is C20H19F2N3O5. The van der Waals surface area contributed by atoms with E-state index in [9.17, 15) is 28.3 Å². The lowest BCUT2D eigenvalue weighted by molar-refractivity contribution is -0.139. The fourth-order valence-corrected chi connectivity index (χ4v) is 3.34. The molecule has 1 aliphatic rings. The zero-order valence-corrected chi connectivity index (χ0v) is 16.1. The minimum atomic E-state index is -1.25. The molecule has 2 aromatic rings. The number of carboxylic acid groups (broad SMARTS) is 1. The van der Waals surface area contributed by atoms with Crippen LogP contribution in [0.1, 0.15) is 39.3 Å². The Morgan fingerprint density at radius 3 is 2.63 bits per heavy atom. The molecule has 1 aliphatic heterocycles. The van der Waals surface area contributed by atoms with Crippen molar-refractivity contribution >= 4 is 35.1 Å². The summed E-state index contributed by atoms with van der Waals surface area (Å²) in [5.41, 5.74) is 1.36. The molecule has 2 heterocycles. The molecule has 1 atom stereocenters. The van der Waals surface area contributed by atoms with E-state index < -0.39 is 41.9 Å². The quantitative estimate of drug-likeness (QED) is 0.457. The Morgan fingerprint density at radius 2 is 1.97 bits per heavy atom. The zero-order valence-electron chi connectivity index (χ0n) is 16.1. The van der Waals surface area contributed by atoms with Gasteiger partial charge >= 0.3 is 5.97 Å². The molecule has 1 aromatic carbocycles. The maximum absolute atomic E-state index is 14.3. The number of rotatable bonds is 6. The van der Waals surface area contributed by atoms with Gasteiger partial charge in [0.05, 0.1) is 29.3 Å². The lowest BCUT2D eigenvalue weighted by Crippen LogP contribution is -2.33. The van der Waals surface area contributed by atoms with Crippen molar-refractivity contribution in [3.63, 3.8) is 0 Å². The number of aliphatic carboxylic acids is 1. The molecule has 2 amide bonds. The van der Waals surface area contributed by atoms with Crippen LogP contribution in [0.2, 0.25) is 0 Å². The molecule has 8 nitrogen and oxygen atoms in total. The lowest BCUT2D eigenvalue weighted by Gasteiger charge is -2.10. The van der Waals surface area contributed by atoms with E-state index in [1.807, 2.05) is 0 Å². The molecule has 0 bridgehead atoms. The van der Waals surface area contributed by atoms with Crippen molar-refractivity contribution < 1.29 is 33.4 Å². The number of halogens is 2. The van der Waals surface area contributed by atoms with Crippen LogP contribution in [-0.2, 0) is 9.59 Å². The summed E-state index contributed by atoms with van der Waals surface area (Å²) in [6.45, 7) is 2.96. The predicted octanol–water partition coefficient (Wildman–Crippen LogP) is 1.97. The van der Waals surface area contributed by atoms with Crippen molar-refractivity contribution in [2.24, 2.45) is 0 Å². The number of aliphatic hydroxyl groups is 1. The summed E-state index contributed by atoms with van der Waals surface area (Å²) in [7, 11) is 0. The fraction of sp³-hybridized carbons (Fsp3) is 0.250. The number of aryl methyl sites for hydroxylation is 1. The predicted molar refractivity (Wildman–Crippen MR) is 104 cm³/mol. The maximum Gasteiger partial charge on any atom is 0.306 e. The number of benzene rings is 1. The number of fused-ring (bicyclic) bond motifs is 1. The van der Waals surface area contributed by atoms with Crippen LogP contribution in [0.15, 0.2) is 12.1 Å². The first-order valence-electron chi connectivity index (χ1n) is 8.98. The summed E-state index contributed by atoms with van der Waals surface area (Å²) in [6, 6.07) is 2.18. The summed E-state index contributed by atoms with van der Waals surface area (Å²) in [5, 5.41) is 23.2. The van der Waals surface area contributed by atoms with Gasteiger partial charge in [-0.25, -0.2) is 8.78 Å². The molecule has 0 saturated heterocycles. The smallest absolute Gasteiger partial charge is 0.306 e. The average Bonchev–Trinajstić information content (AvgIpc) is 3.12. The van der Waals surface area contributed by atoms with Gasteiger partial charge in [-0.1, -0.05) is 0 Å². The molecule has 0 spiro atoms. The number of amides is 2. The number of H-pyrrole nitrogens is 1. The van der Waals surface area contributed by atoms with E-state index in [0.717, 1.165) is 6.07 Å². The van der Waals surface area contributed by atoms with Gasteiger partial charge < -0.3 is 25.8 Å². The number of aromatic amines is 1. The van der Waals surface area contributed by atoms with E-state index in [0.29, 0.717) is 17.0 Å². The summed E-state index contributed by atoms with van der Waals surface area (Å²) < 4.78 is 27.9. The third kappa shape index (κ3) is 3.94. The first kappa shape index (κ1) is 21.2. The van der Waals surface area contributed by atoms with Crippen LogP contribution in [0.5, 0.6) is 0 Å². The number of anilines is 1. The molecule has 1 unspecified atom stereocenters. The lowest BCUT2D eigenvalue weighted by atomic mass is 10.0. The molecular weight excluding hydrogens is 400 g/mol. The molecule has 0 radical (unpaired) electrons. The van der Waals surface area contributed by atoms with Crippen LogP contribution in [0.4, 0.5) is 14.5 Å². The number of aliphatic hydroxyl groups excluding tert-OH is 1. The van der Waals surface area contributed by atoms with Gasteiger partial charge in [0.25, 0.3) is 11.8 Å². The normalized spacial score (nSPS) is 15.1. The number of hydrogen-bond acceptors (Lipinski definition) is 4. The highest BCUT2D eigenvalue weighted by Crippen LogP contribution is 2.36. The van der Waals surface area contributed by atoms with E-state index in [1.54, 1.807) is 13.8 Å². The fourth-order valence-electron chi connectivity index (χ4n) is 3.34. The van der Waals surface area contributed by atoms with Gasteiger partial charge in [0.1, 0.15) is 0 Å². The van der Waals surface area contributed by atoms with Crippen LogP contribution < -0.4 is 10.6 Å². The summed E-state index contributed by atoms with van der Waals surface area (Å²) in [4.78, 5) is 38.3. The average molecular weight is 419 g/mol. The monoisotopic (exact) mass is 419 g/mol. The first-order chi connectivity index (χ1) is 14.1. The summed E-state index contributed by atoms with van der Waals surface area (Å²) in [5.74, 6) is -4.59. The second kappa shape index (κ2) is 8.07. The van der Waals surface area contributed by atoms with Crippen molar-refractivity contribution in [2.75, 3.05) is 11.9 Å². The Balaban J connectivity index is 1.90. The van der Waals surface area contributed by atoms with Crippen LogP contribution >= 0.6 is 0 Å². The Kier molecular flexibility index (Phi) is 5.70. The number of carbonyl (C=O) groups excluding carboxylic acids is 2. The SMILES string of the molecule is Cc1[nH]c(/C=C2\C(=O)Nc3ccc(F)c(F)c32)c(C)c1C(=O)NCC(O)CC(=O)O. The minimum Gasteiger partial charge on any atom is -0.481 e. The molecule has 0 aliphatic carbocycles. The molecule has 1 aromatic heterocycles. The minimum absolute atomic E-state index is 0.0878. The third-order valence-corrected chi connectivity index (χ3v) is 4.76. The number of aromatic nitrogens is 1. The van der Waals surface area contributed by atoms with Crippen LogP contribution in [0, 0.1) is 25.5 Å². The van der Waals surface area contributed by atoms with Crippen LogP contribution in [-0.4, -0.2) is 45.6 Å². The van der Waals surface area contributed by atoms with Gasteiger partial charge in [-0.3, -0.25) is 14.4 Å². The van der Waals surface area contributed by atoms with Gasteiger partial charge in [0.15, 0.2) is 11.6 Å². The Morgan fingerprint density at radius 1 is 1.27 bits per heavy atom. The van der Waals surface area contributed by atoms with Crippen molar-refractivity contribution in [1.82, 2.24) is 10.3 Å². The van der Waals surface area contributed by atoms with Crippen molar-refractivity contribution in [1.29, 1.82) is 0 Å². The van der Waals surface area contributed by atoms with Gasteiger partial charge in [-0.05, 0) is 37.6 Å².